The van der Waals surface area contributed by atoms with Gasteiger partial charge in [0.25, 0.3) is 0 Å². The molecule has 3 heteroatoms. The molecule has 1 aromatic carbocycles. The first-order valence-corrected chi connectivity index (χ1v) is 4.72. The van der Waals surface area contributed by atoms with Gasteiger partial charge in [0.05, 0.1) is 0 Å². The van der Waals surface area contributed by atoms with Crippen molar-refractivity contribution in [3.63, 3.8) is 0 Å². The van der Waals surface area contributed by atoms with Crippen molar-refractivity contribution in [2.24, 2.45) is 0 Å². The lowest BCUT2D eigenvalue weighted by atomic mass is 9.98. The summed E-state index contributed by atoms with van der Waals surface area (Å²) in [4.78, 5) is 10.2. The van der Waals surface area contributed by atoms with Crippen molar-refractivity contribution in [1.82, 2.24) is 5.32 Å². The second-order valence-corrected chi connectivity index (χ2v) is 3.33. The molecule has 0 aliphatic rings. The predicted molar refractivity (Wildman–Crippen MR) is 55.5 cm³/mol. The van der Waals surface area contributed by atoms with E-state index in [2.05, 4.69) is 24.4 Å². The van der Waals surface area contributed by atoms with Gasteiger partial charge in [0.15, 0.2) is 0 Å². The fourth-order valence-corrected chi connectivity index (χ4v) is 1.34. The lowest BCUT2D eigenvalue weighted by Gasteiger charge is -2.10. The van der Waals surface area contributed by atoms with Crippen molar-refractivity contribution in [2.45, 2.75) is 19.3 Å². The molecule has 0 saturated heterocycles. The van der Waals surface area contributed by atoms with Gasteiger partial charge < -0.3 is 10.4 Å². The van der Waals surface area contributed by atoms with Crippen molar-refractivity contribution in [3.05, 3.63) is 35.9 Å². The average molecular weight is 193 g/mol. The van der Waals surface area contributed by atoms with E-state index in [9.17, 15) is 4.79 Å². The van der Waals surface area contributed by atoms with Crippen LogP contribution in [0.5, 0.6) is 0 Å². The van der Waals surface area contributed by atoms with Crippen molar-refractivity contribution < 1.29 is 9.90 Å². The minimum Gasteiger partial charge on any atom is -0.465 e. The smallest absolute Gasteiger partial charge is 0.404 e. The number of amides is 1. The molecule has 0 fully saturated rings. The molecule has 0 bridgehead atoms. The Morgan fingerprint density at radius 3 is 2.64 bits per heavy atom. The summed E-state index contributed by atoms with van der Waals surface area (Å²) < 4.78 is 0. The Kier molecular flexibility index (Phi) is 3.98. The van der Waals surface area contributed by atoms with Crippen LogP contribution in [-0.2, 0) is 0 Å². The van der Waals surface area contributed by atoms with E-state index in [4.69, 9.17) is 5.11 Å². The van der Waals surface area contributed by atoms with E-state index in [-0.39, 0.29) is 0 Å². The Labute approximate surface area is 83.8 Å². The lowest BCUT2D eigenvalue weighted by Crippen LogP contribution is -2.22. The summed E-state index contributed by atoms with van der Waals surface area (Å²) in [6, 6.07) is 10.1. The molecule has 1 atom stereocenters. The fraction of sp³-hybridized carbons (Fsp3) is 0.364. The third-order valence-electron chi connectivity index (χ3n) is 2.22. The third kappa shape index (κ3) is 3.47. The maximum atomic E-state index is 10.2. The van der Waals surface area contributed by atoms with Crippen molar-refractivity contribution >= 4 is 6.09 Å². The van der Waals surface area contributed by atoms with E-state index in [1.165, 1.54) is 5.56 Å². The molecule has 0 aliphatic carbocycles. The highest BCUT2D eigenvalue weighted by atomic mass is 16.4. The van der Waals surface area contributed by atoms with E-state index in [1.54, 1.807) is 0 Å². The van der Waals surface area contributed by atoms with Gasteiger partial charge in [-0.25, -0.2) is 4.79 Å². The Bertz CT molecular complexity index is 285. The van der Waals surface area contributed by atoms with Gasteiger partial charge in [-0.3, -0.25) is 0 Å². The molecule has 1 amide bonds. The first-order chi connectivity index (χ1) is 6.70. The van der Waals surface area contributed by atoms with Gasteiger partial charge in [-0.15, -0.1) is 0 Å². The summed E-state index contributed by atoms with van der Waals surface area (Å²) in [5.74, 6) is 0.392. The van der Waals surface area contributed by atoms with Gasteiger partial charge in [0.2, 0.25) is 0 Å². The maximum Gasteiger partial charge on any atom is 0.404 e. The predicted octanol–water partition coefficient (Wildman–Crippen LogP) is 2.45. The average Bonchev–Trinajstić information content (AvgIpc) is 2.18. The molecule has 0 saturated carbocycles. The number of carboxylic acid groups (broad SMARTS) is 1. The summed E-state index contributed by atoms with van der Waals surface area (Å²) in [6.07, 6.45) is -0.124. The van der Waals surface area contributed by atoms with Gasteiger partial charge in [0, 0.05) is 6.54 Å². The van der Waals surface area contributed by atoms with Crippen molar-refractivity contribution in [3.8, 4) is 0 Å². The van der Waals surface area contributed by atoms with E-state index in [0.29, 0.717) is 12.5 Å². The van der Waals surface area contributed by atoms with Gasteiger partial charge in [-0.1, -0.05) is 37.3 Å². The summed E-state index contributed by atoms with van der Waals surface area (Å²) in [6.45, 7) is 2.60. The zero-order valence-electron chi connectivity index (χ0n) is 8.23. The molecule has 0 radical (unpaired) electrons. The number of nitrogens with one attached hydrogen (secondary N) is 1. The van der Waals surface area contributed by atoms with Crippen LogP contribution in [0.3, 0.4) is 0 Å². The van der Waals surface area contributed by atoms with Crippen LogP contribution in [0.25, 0.3) is 0 Å². The minimum atomic E-state index is -0.953. The number of carbonyl (C=O) groups is 1. The van der Waals surface area contributed by atoms with Gasteiger partial charge >= 0.3 is 6.09 Å². The van der Waals surface area contributed by atoms with Crippen LogP contribution < -0.4 is 5.32 Å². The van der Waals surface area contributed by atoms with Crippen LogP contribution in [-0.4, -0.2) is 17.7 Å². The summed E-state index contributed by atoms with van der Waals surface area (Å²) in [7, 11) is 0. The second kappa shape index (κ2) is 5.27. The van der Waals surface area contributed by atoms with Crippen LogP contribution >= 0.6 is 0 Å². The summed E-state index contributed by atoms with van der Waals surface area (Å²) in [5.41, 5.74) is 1.25. The normalized spacial score (nSPS) is 12.1. The first-order valence-electron chi connectivity index (χ1n) is 4.72. The standard InChI is InChI=1S/C11H15NO2/c1-9(7-8-12-11(13)14)10-5-3-2-4-6-10/h2-6,9,12H,7-8H2,1H3,(H,13,14). The van der Waals surface area contributed by atoms with Crippen LogP contribution in [0.2, 0.25) is 0 Å². The summed E-state index contributed by atoms with van der Waals surface area (Å²) in [5, 5.41) is 10.7. The lowest BCUT2D eigenvalue weighted by molar-refractivity contribution is 0.194. The maximum absolute atomic E-state index is 10.2. The third-order valence-corrected chi connectivity index (χ3v) is 2.22. The Morgan fingerprint density at radius 2 is 2.07 bits per heavy atom. The van der Waals surface area contributed by atoms with Gasteiger partial charge in [-0.05, 0) is 17.9 Å². The van der Waals surface area contributed by atoms with Gasteiger partial charge in [-0.2, -0.15) is 0 Å². The molecule has 2 N–H and O–H groups in total. The van der Waals surface area contributed by atoms with Crippen LogP contribution in [0.4, 0.5) is 4.79 Å². The molecule has 0 heterocycles. The monoisotopic (exact) mass is 193 g/mol. The fourth-order valence-electron chi connectivity index (χ4n) is 1.34. The highest BCUT2D eigenvalue weighted by Gasteiger charge is 2.04. The zero-order valence-corrected chi connectivity index (χ0v) is 8.23. The number of rotatable bonds is 4. The highest BCUT2D eigenvalue weighted by Crippen LogP contribution is 2.17. The molecule has 0 aromatic heterocycles. The molecular weight excluding hydrogens is 178 g/mol. The topological polar surface area (TPSA) is 49.3 Å². The van der Waals surface area contributed by atoms with E-state index >= 15 is 0 Å². The SMILES string of the molecule is CC(CCNC(=O)O)c1ccccc1. The van der Waals surface area contributed by atoms with E-state index in [1.807, 2.05) is 18.2 Å². The van der Waals surface area contributed by atoms with Crippen molar-refractivity contribution in [2.75, 3.05) is 6.54 Å². The number of hydrogen-bond acceptors (Lipinski definition) is 1. The Balaban J connectivity index is 2.36. The van der Waals surface area contributed by atoms with Crippen LogP contribution in [0.15, 0.2) is 30.3 Å². The minimum absolute atomic E-state index is 0.392. The van der Waals surface area contributed by atoms with Gasteiger partial charge in [0.1, 0.15) is 0 Å². The molecule has 14 heavy (non-hydrogen) atoms. The first kappa shape index (κ1) is 10.6. The van der Waals surface area contributed by atoms with Crippen LogP contribution in [0, 0.1) is 0 Å². The highest BCUT2D eigenvalue weighted by molar-refractivity contribution is 5.64. The Morgan fingerprint density at radius 1 is 1.43 bits per heavy atom. The molecule has 76 valence electrons. The van der Waals surface area contributed by atoms with E-state index in [0.717, 1.165) is 6.42 Å². The molecule has 1 aromatic rings. The number of hydrogen-bond donors (Lipinski definition) is 2. The van der Waals surface area contributed by atoms with E-state index < -0.39 is 6.09 Å². The molecule has 3 nitrogen and oxygen atoms in total. The molecule has 1 rings (SSSR count). The Hall–Kier alpha value is -1.51. The quantitative estimate of drug-likeness (QED) is 0.771. The summed E-state index contributed by atoms with van der Waals surface area (Å²) >= 11 is 0. The zero-order chi connectivity index (χ0) is 10.4. The second-order valence-electron chi connectivity index (χ2n) is 3.33. The van der Waals surface area contributed by atoms with Crippen molar-refractivity contribution in [1.29, 1.82) is 0 Å². The van der Waals surface area contributed by atoms with Crippen LogP contribution in [0.1, 0.15) is 24.8 Å². The number of benzene rings is 1. The molecular formula is C11H15NO2. The molecule has 0 aliphatic heterocycles. The molecule has 0 spiro atoms. The largest absolute Gasteiger partial charge is 0.465 e. The molecule has 1 unspecified atom stereocenters.